The number of pyridine rings is 2. The van der Waals surface area contributed by atoms with Crippen LogP contribution in [0.15, 0.2) is 52.5 Å². The predicted octanol–water partition coefficient (Wildman–Crippen LogP) is 2.54. The lowest BCUT2D eigenvalue weighted by molar-refractivity contribution is 0.0695. The fourth-order valence-electron chi connectivity index (χ4n) is 4.24. The molecule has 2 fully saturated rings. The van der Waals surface area contributed by atoms with Gasteiger partial charge in [-0.15, -0.1) is 0 Å². The van der Waals surface area contributed by atoms with Crippen molar-refractivity contribution in [2.24, 2.45) is 16.8 Å². The maximum Gasteiger partial charge on any atom is 0.341 e. The molecular formula is C24H24FN5O4. The Bertz CT molecular complexity index is 1340. The predicted molar refractivity (Wildman–Crippen MR) is 125 cm³/mol. The number of hydrogen-bond donors (Lipinski definition) is 2. The summed E-state index contributed by atoms with van der Waals surface area (Å²) in [5.74, 6) is -2.09. The zero-order valence-electron chi connectivity index (χ0n) is 18.4. The van der Waals surface area contributed by atoms with Crippen LogP contribution < -0.4 is 16.1 Å². The average molecular weight is 465 g/mol. The molecule has 3 aromatic rings. The Morgan fingerprint density at radius 1 is 1.29 bits per heavy atom. The van der Waals surface area contributed by atoms with Crippen LogP contribution in [0.1, 0.15) is 34.8 Å². The zero-order valence-corrected chi connectivity index (χ0v) is 18.4. The van der Waals surface area contributed by atoms with Crippen molar-refractivity contribution in [3.05, 3.63) is 69.8 Å². The smallest absolute Gasteiger partial charge is 0.341 e. The summed E-state index contributed by atoms with van der Waals surface area (Å²) in [4.78, 5) is 35.9. The summed E-state index contributed by atoms with van der Waals surface area (Å²) in [5.41, 5.74) is 6.76. The van der Waals surface area contributed by atoms with Crippen molar-refractivity contribution in [3.8, 4) is 0 Å². The molecule has 1 aliphatic carbocycles. The van der Waals surface area contributed by atoms with Crippen molar-refractivity contribution in [2.75, 3.05) is 24.5 Å². The number of aromatic nitrogens is 2. The first kappa shape index (κ1) is 22.0. The van der Waals surface area contributed by atoms with E-state index in [1.165, 1.54) is 6.20 Å². The monoisotopic (exact) mass is 465 g/mol. The fourth-order valence-corrected chi connectivity index (χ4v) is 4.24. The van der Waals surface area contributed by atoms with E-state index in [0.717, 1.165) is 24.5 Å². The second kappa shape index (κ2) is 8.86. The van der Waals surface area contributed by atoms with E-state index >= 15 is 4.39 Å². The van der Waals surface area contributed by atoms with E-state index in [1.54, 1.807) is 9.47 Å². The van der Waals surface area contributed by atoms with Gasteiger partial charge in [-0.25, -0.2) is 14.2 Å². The zero-order chi connectivity index (χ0) is 23.8. The van der Waals surface area contributed by atoms with Gasteiger partial charge in [0.05, 0.1) is 17.6 Å². The van der Waals surface area contributed by atoms with Gasteiger partial charge in [0.1, 0.15) is 17.8 Å². The molecule has 2 aliphatic rings. The number of nitrogens with zero attached hydrogens (tertiary/aromatic N) is 4. The van der Waals surface area contributed by atoms with Gasteiger partial charge in [-0.05, 0) is 24.5 Å². The summed E-state index contributed by atoms with van der Waals surface area (Å²) in [5, 5.41) is 13.6. The number of nitrogens with two attached hydrogens (primary N) is 1. The number of carbonyl (C=O) groups is 1. The Kier molecular flexibility index (Phi) is 5.74. The molecule has 3 heterocycles. The minimum absolute atomic E-state index is 0.0392. The van der Waals surface area contributed by atoms with Crippen LogP contribution in [0.3, 0.4) is 0 Å². The molecule has 1 aromatic carbocycles. The normalized spacial score (nSPS) is 19.2. The molecule has 0 bridgehead atoms. The Balaban J connectivity index is 1.46. The molecule has 1 saturated heterocycles. The van der Waals surface area contributed by atoms with Crippen LogP contribution in [0, 0.1) is 11.7 Å². The van der Waals surface area contributed by atoms with E-state index in [4.69, 9.17) is 10.6 Å². The van der Waals surface area contributed by atoms with Gasteiger partial charge in [-0.3, -0.25) is 4.79 Å². The van der Waals surface area contributed by atoms with Gasteiger partial charge in [0, 0.05) is 31.2 Å². The van der Waals surface area contributed by atoms with Crippen molar-refractivity contribution in [2.45, 2.75) is 25.5 Å². The molecule has 0 spiro atoms. The first-order chi connectivity index (χ1) is 16.5. The molecule has 34 heavy (non-hydrogen) atoms. The maximum absolute atomic E-state index is 15.2. The first-order valence-corrected chi connectivity index (χ1v) is 11.1. The average Bonchev–Trinajstić information content (AvgIpc) is 3.59. The number of hydrogen-bond acceptors (Lipinski definition) is 7. The fraction of sp³-hybridized carbons (Fsp3) is 0.333. The molecule has 176 valence electrons. The van der Waals surface area contributed by atoms with Crippen LogP contribution in [0.5, 0.6) is 0 Å². The third kappa shape index (κ3) is 4.12. The van der Waals surface area contributed by atoms with Gasteiger partial charge in [-0.2, -0.15) is 0 Å². The topological polar surface area (TPSA) is 123 Å². The number of carboxylic acids is 1. The summed E-state index contributed by atoms with van der Waals surface area (Å²) in [6.07, 6.45) is 3.01. The molecule has 3 N–H and O–H groups in total. The maximum atomic E-state index is 15.2. The van der Waals surface area contributed by atoms with Crippen molar-refractivity contribution in [3.63, 3.8) is 0 Å². The standard InChI is InChI=1S/C24H24FN5O4/c25-19-8-17-21(31)18(24(32)33)11-30(16-6-7-16)22(17)27-23(19)29-10-15(9-26)20(12-29)28-34-13-14-4-2-1-3-5-14/h1-5,8,11,15-16H,6-7,9-10,12-13,26H2,(H,32,33)/b28-20+. The molecule has 1 atom stereocenters. The highest BCUT2D eigenvalue weighted by molar-refractivity contribution is 5.95. The lowest BCUT2D eigenvalue weighted by Crippen LogP contribution is -2.26. The number of anilines is 1. The molecule has 9 nitrogen and oxygen atoms in total. The molecule has 0 radical (unpaired) electrons. The van der Waals surface area contributed by atoms with Gasteiger partial charge in [0.25, 0.3) is 0 Å². The van der Waals surface area contributed by atoms with Crippen LogP contribution in [0.4, 0.5) is 10.2 Å². The van der Waals surface area contributed by atoms with Crippen LogP contribution in [0.2, 0.25) is 0 Å². The summed E-state index contributed by atoms with van der Waals surface area (Å²) in [6, 6.07) is 10.8. The van der Waals surface area contributed by atoms with Crippen LogP contribution in [0.25, 0.3) is 11.0 Å². The quantitative estimate of drug-likeness (QED) is 0.514. The van der Waals surface area contributed by atoms with Crippen molar-refractivity contribution in [1.29, 1.82) is 0 Å². The molecule has 2 aromatic heterocycles. The third-order valence-corrected chi connectivity index (χ3v) is 6.21. The lowest BCUT2D eigenvalue weighted by atomic mass is 10.1. The molecular weight excluding hydrogens is 441 g/mol. The van der Waals surface area contributed by atoms with Gasteiger partial charge >= 0.3 is 5.97 Å². The minimum atomic E-state index is -1.34. The number of aromatic carboxylic acids is 1. The van der Waals surface area contributed by atoms with Crippen molar-refractivity contribution < 1.29 is 19.1 Å². The largest absolute Gasteiger partial charge is 0.477 e. The summed E-state index contributed by atoms with van der Waals surface area (Å²) >= 11 is 0. The number of rotatable bonds is 7. The van der Waals surface area contributed by atoms with E-state index in [1.807, 2.05) is 30.3 Å². The number of fused-ring (bicyclic) bond motifs is 1. The van der Waals surface area contributed by atoms with Crippen molar-refractivity contribution in [1.82, 2.24) is 9.55 Å². The van der Waals surface area contributed by atoms with Gasteiger partial charge in [0.15, 0.2) is 11.6 Å². The van der Waals surface area contributed by atoms with E-state index in [2.05, 4.69) is 10.1 Å². The molecule has 5 rings (SSSR count). The van der Waals surface area contributed by atoms with Gasteiger partial charge < -0.3 is 25.1 Å². The second-order valence-electron chi connectivity index (χ2n) is 8.64. The second-order valence-corrected chi connectivity index (χ2v) is 8.64. The van der Waals surface area contributed by atoms with E-state index < -0.39 is 17.2 Å². The highest BCUT2D eigenvalue weighted by atomic mass is 19.1. The van der Waals surface area contributed by atoms with Crippen LogP contribution in [-0.4, -0.2) is 46.0 Å². The molecule has 10 heteroatoms. The van der Waals surface area contributed by atoms with Gasteiger partial charge in [0.2, 0.25) is 5.43 Å². The number of oxime groups is 1. The summed E-state index contributed by atoms with van der Waals surface area (Å²) < 4.78 is 16.8. The third-order valence-electron chi connectivity index (χ3n) is 6.21. The van der Waals surface area contributed by atoms with Crippen molar-refractivity contribution >= 4 is 28.5 Å². The molecule has 1 unspecified atom stereocenters. The van der Waals surface area contributed by atoms with E-state index in [9.17, 15) is 14.7 Å². The van der Waals surface area contributed by atoms with E-state index in [0.29, 0.717) is 25.4 Å². The Morgan fingerprint density at radius 3 is 2.74 bits per heavy atom. The number of halogens is 1. The van der Waals surface area contributed by atoms with Crippen LogP contribution >= 0.6 is 0 Å². The molecule has 0 amide bonds. The Labute approximate surface area is 194 Å². The Morgan fingerprint density at radius 2 is 2.06 bits per heavy atom. The SMILES string of the molecule is NCC1CN(c2nc3c(cc2F)c(=O)c(C(=O)O)cn3C2CC2)C/C1=N\OCc1ccccc1. The highest BCUT2D eigenvalue weighted by Gasteiger charge is 2.33. The van der Waals surface area contributed by atoms with E-state index in [-0.39, 0.29) is 40.9 Å². The number of carboxylic acid groups (broad SMARTS) is 1. The first-order valence-electron chi connectivity index (χ1n) is 11.1. The number of benzene rings is 1. The molecule has 1 aliphatic heterocycles. The highest BCUT2D eigenvalue weighted by Crippen LogP contribution is 2.37. The summed E-state index contributed by atoms with van der Waals surface area (Å²) in [7, 11) is 0. The molecule has 1 saturated carbocycles. The Hall–Kier alpha value is -3.79. The minimum Gasteiger partial charge on any atom is -0.477 e. The summed E-state index contributed by atoms with van der Waals surface area (Å²) in [6.45, 7) is 1.31. The van der Waals surface area contributed by atoms with Crippen LogP contribution in [-0.2, 0) is 11.4 Å². The lowest BCUT2D eigenvalue weighted by Gasteiger charge is -2.19. The van der Waals surface area contributed by atoms with Gasteiger partial charge in [-0.1, -0.05) is 35.5 Å².